The molecule has 0 bridgehead atoms. The van der Waals surface area contributed by atoms with Crippen LogP contribution in [0.4, 0.5) is 0 Å². The van der Waals surface area contributed by atoms with Crippen molar-refractivity contribution < 1.29 is 4.79 Å². The Hall–Kier alpha value is -0.900. The molecule has 4 heteroatoms. The Morgan fingerprint density at radius 1 is 1.43 bits per heavy atom. The molecule has 3 nitrogen and oxygen atoms in total. The van der Waals surface area contributed by atoms with Crippen LogP contribution in [0.3, 0.4) is 0 Å². The lowest BCUT2D eigenvalue weighted by molar-refractivity contribution is -0.129. The van der Waals surface area contributed by atoms with Crippen molar-refractivity contribution in [1.29, 1.82) is 0 Å². The second-order valence-electron chi connectivity index (χ2n) is 4.33. The summed E-state index contributed by atoms with van der Waals surface area (Å²) in [4.78, 5) is 10.9. The van der Waals surface area contributed by atoms with Crippen LogP contribution in [-0.4, -0.2) is 10.9 Å². The van der Waals surface area contributed by atoms with Crippen LogP contribution in [0, 0.1) is 5.41 Å². The molecule has 0 aliphatic carbocycles. The zero-order valence-corrected chi connectivity index (χ0v) is 9.56. The van der Waals surface area contributed by atoms with E-state index in [0.29, 0.717) is 0 Å². The third kappa shape index (κ3) is 2.80. The van der Waals surface area contributed by atoms with Crippen molar-refractivity contribution in [1.82, 2.24) is 10.6 Å². The molecule has 1 aliphatic rings. The minimum absolute atomic E-state index is 0.0417. The van der Waals surface area contributed by atoms with E-state index in [0.717, 1.165) is 0 Å². The fourth-order valence-corrected chi connectivity index (χ4v) is 1.17. The first-order valence-corrected chi connectivity index (χ1v) is 4.95. The van der Waals surface area contributed by atoms with Crippen LogP contribution in [-0.2, 0) is 4.79 Å². The van der Waals surface area contributed by atoms with E-state index >= 15 is 0 Å². The molecule has 1 amide bonds. The maximum atomic E-state index is 11.7. The number of rotatable bonds is 1. The summed E-state index contributed by atoms with van der Waals surface area (Å²) < 4.78 is 0. The summed E-state index contributed by atoms with van der Waals surface area (Å²) >= 11 is 4.34. The molecule has 1 atom stereocenters. The molecule has 1 unspecified atom stereocenters. The van der Waals surface area contributed by atoms with Crippen LogP contribution in [0.15, 0.2) is 24.4 Å². The van der Waals surface area contributed by atoms with Crippen molar-refractivity contribution in [3.63, 3.8) is 0 Å². The third-order valence-corrected chi connectivity index (χ3v) is 2.22. The lowest BCUT2D eigenvalue weighted by Gasteiger charge is -2.31. The van der Waals surface area contributed by atoms with Crippen molar-refractivity contribution >= 4 is 18.5 Å². The monoisotopic (exact) mass is 212 g/mol. The predicted octanol–water partition coefficient (Wildman–Crippen LogP) is 1.41. The van der Waals surface area contributed by atoms with E-state index in [2.05, 4.69) is 23.3 Å². The van der Waals surface area contributed by atoms with E-state index in [1.54, 1.807) is 12.3 Å². The number of hydrogen-bond donors (Lipinski definition) is 3. The molecule has 0 aromatic carbocycles. The van der Waals surface area contributed by atoms with Gasteiger partial charge in [-0.15, -0.1) is 12.6 Å². The van der Waals surface area contributed by atoms with Gasteiger partial charge in [0.2, 0.25) is 5.91 Å². The average Bonchev–Trinajstić information content (AvgIpc) is 2.02. The second-order valence-corrected chi connectivity index (χ2v) is 5.04. The van der Waals surface area contributed by atoms with Gasteiger partial charge in [0, 0.05) is 5.41 Å². The Kier molecular flexibility index (Phi) is 2.95. The number of dihydropyridines is 1. The van der Waals surface area contributed by atoms with Gasteiger partial charge >= 0.3 is 0 Å². The zero-order valence-electron chi connectivity index (χ0n) is 8.66. The van der Waals surface area contributed by atoms with Crippen molar-refractivity contribution in [3.8, 4) is 0 Å². The number of hydrogen-bond acceptors (Lipinski definition) is 3. The van der Waals surface area contributed by atoms with E-state index in [1.165, 1.54) is 0 Å². The SMILES string of the molecule is CC(C)(C)C(=O)NC1(S)C=CC=CN1. The number of carbonyl (C=O) groups excluding carboxylic acids is 1. The van der Waals surface area contributed by atoms with Gasteiger partial charge in [-0.3, -0.25) is 4.79 Å². The van der Waals surface area contributed by atoms with Gasteiger partial charge in [-0.05, 0) is 18.4 Å². The van der Waals surface area contributed by atoms with Gasteiger partial charge in [0.05, 0.1) is 0 Å². The summed E-state index contributed by atoms with van der Waals surface area (Å²) in [5, 5.41) is 5.77. The molecule has 0 spiro atoms. The molecule has 1 heterocycles. The van der Waals surface area contributed by atoms with Crippen LogP contribution < -0.4 is 10.6 Å². The highest BCUT2D eigenvalue weighted by molar-refractivity contribution is 7.82. The molecule has 78 valence electrons. The molecule has 0 saturated carbocycles. The first-order chi connectivity index (χ1) is 6.33. The largest absolute Gasteiger partial charge is 0.357 e. The van der Waals surface area contributed by atoms with Crippen molar-refractivity contribution in [3.05, 3.63) is 24.4 Å². The van der Waals surface area contributed by atoms with Crippen LogP contribution in [0.5, 0.6) is 0 Å². The lowest BCUT2D eigenvalue weighted by Crippen LogP contribution is -2.54. The molecule has 0 saturated heterocycles. The minimum atomic E-state index is -0.765. The third-order valence-electron chi connectivity index (χ3n) is 1.83. The Morgan fingerprint density at radius 2 is 2.07 bits per heavy atom. The van der Waals surface area contributed by atoms with Crippen molar-refractivity contribution in [2.24, 2.45) is 5.41 Å². The molecule has 0 aromatic heterocycles. The standard InChI is InChI=1S/C10H16N2OS/c1-9(2,3)8(13)12-10(14)6-4-5-7-11-10/h4-7,11,14H,1-3H3,(H,12,13). The van der Waals surface area contributed by atoms with E-state index < -0.39 is 10.4 Å². The first kappa shape index (κ1) is 11.2. The smallest absolute Gasteiger partial charge is 0.228 e. The fourth-order valence-electron chi connectivity index (χ4n) is 0.912. The summed E-state index contributed by atoms with van der Waals surface area (Å²) in [6.07, 6.45) is 7.22. The maximum Gasteiger partial charge on any atom is 0.228 e. The Balaban J connectivity index is 2.65. The molecule has 0 radical (unpaired) electrons. The van der Waals surface area contributed by atoms with Gasteiger partial charge in [-0.25, -0.2) is 0 Å². The Bertz CT molecular complexity index is 291. The first-order valence-electron chi connectivity index (χ1n) is 4.51. The number of nitrogens with one attached hydrogen (secondary N) is 2. The summed E-state index contributed by atoms with van der Waals surface area (Å²) in [6, 6.07) is 0. The second kappa shape index (κ2) is 3.69. The predicted molar refractivity (Wildman–Crippen MR) is 60.7 cm³/mol. The van der Waals surface area contributed by atoms with Gasteiger partial charge in [-0.2, -0.15) is 0 Å². The highest BCUT2D eigenvalue weighted by atomic mass is 32.1. The number of amides is 1. The van der Waals surface area contributed by atoms with Crippen LogP contribution in [0.25, 0.3) is 0 Å². The van der Waals surface area contributed by atoms with E-state index in [-0.39, 0.29) is 5.91 Å². The Labute approximate surface area is 90.1 Å². The summed E-state index contributed by atoms with van der Waals surface area (Å²) in [6.45, 7) is 5.59. The van der Waals surface area contributed by atoms with Gasteiger partial charge in [-0.1, -0.05) is 26.8 Å². The molecular weight excluding hydrogens is 196 g/mol. The van der Waals surface area contributed by atoms with Gasteiger partial charge in [0.15, 0.2) is 4.99 Å². The van der Waals surface area contributed by atoms with Gasteiger partial charge in [0.1, 0.15) is 0 Å². The molecule has 1 rings (SSSR count). The number of thiol groups is 1. The minimum Gasteiger partial charge on any atom is -0.357 e. The molecule has 0 aromatic rings. The Morgan fingerprint density at radius 3 is 2.50 bits per heavy atom. The summed E-state index contributed by atoms with van der Waals surface area (Å²) in [5.74, 6) is -0.0417. The highest BCUT2D eigenvalue weighted by Gasteiger charge is 2.29. The molecule has 1 aliphatic heterocycles. The zero-order chi connectivity index (χ0) is 10.8. The molecule has 0 fully saturated rings. The van der Waals surface area contributed by atoms with Crippen LogP contribution >= 0.6 is 12.6 Å². The van der Waals surface area contributed by atoms with Crippen LogP contribution in [0.2, 0.25) is 0 Å². The van der Waals surface area contributed by atoms with E-state index in [1.807, 2.05) is 32.9 Å². The van der Waals surface area contributed by atoms with Crippen LogP contribution in [0.1, 0.15) is 20.8 Å². The number of carbonyl (C=O) groups is 1. The maximum absolute atomic E-state index is 11.7. The lowest BCUT2D eigenvalue weighted by atomic mass is 9.95. The normalized spacial score (nSPS) is 25.7. The fraction of sp³-hybridized carbons (Fsp3) is 0.500. The molecular formula is C10H16N2OS. The number of allylic oxidation sites excluding steroid dienone is 2. The van der Waals surface area contributed by atoms with Gasteiger partial charge in [0.25, 0.3) is 0 Å². The quantitative estimate of drug-likeness (QED) is 0.454. The van der Waals surface area contributed by atoms with Gasteiger partial charge < -0.3 is 10.6 Å². The topological polar surface area (TPSA) is 41.1 Å². The van der Waals surface area contributed by atoms with E-state index in [4.69, 9.17) is 0 Å². The van der Waals surface area contributed by atoms with Crippen molar-refractivity contribution in [2.45, 2.75) is 25.8 Å². The average molecular weight is 212 g/mol. The summed E-state index contributed by atoms with van der Waals surface area (Å²) in [7, 11) is 0. The summed E-state index contributed by atoms with van der Waals surface area (Å²) in [5.41, 5.74) is -0.410. The molecule has 2 N–H and O–H groups in total. The van der Waals surface area contributed by atoms with E-state index in [9.17, 15) is 4.79 Å². The van der Waals surface area contributed by atoms with Crippen molar-refractivity contribution in [2.75, 3.05) is 0 Å². The molecule has 14 heavy (non-hydrogen) atoms. The highest BCUT2D eigenvalue weighted by Crippen LogP contribution is 2.18.